The highest BCUT2D eigenvalue weighted by atomic mass is 16.6. The smallest absolute Gasteiger partial charge is 0.274 e. The number of ether oxygens (including phenoxy) is 2. The van der Waals surface area contributed by atoms with Crippen LogP contribution in [0.4, 0.5) is 45.5 Å². The van der Waals surface area contributed by atoms with Crippen molar-refractivity contribution in [3.05, 3.63) is 228 Å². The predicted molar refractivity (Wildman–Crippen MR) is 305 cm³/mol. The Morgan fingerprint density at radius 3 is 0.713 bits per heavy atom. The molecule has 6 aromatic carbocycles. The molecule has 0 radical (unpaired) electrons. The molecule has 0 saturated carbocycles. The lowest BCUT2D eigenvalue weighted by Crippen LogP contribution is -2.20. The van der Waals surface area contributed by atoms with Crippen molar-refractivity contribution in [1.29, 1.82) is 0 Å². The number of nitrogens with one attached hydrogen (secondary N) is 8. The molecule has 20 nitrogen and oxygen atoms in total. The molecular weight excluding hydrogens is 1020 g/mol. The van der Waals surface area contributed by atoms with Crippen LogP contribution >= 0.6 is 0 Å². The van der Waals surface area contributed by atoms with Crippen LogP contribution < -0.4 is 42.5 Å². The molecule has 80 heavy (non-hydrogen) atoms. The zero-order valence-corrected chi connectivity index (χ0v) is 43.3. The van der Waals surface area contributed by atoms with Gasteiger partial charge in [0.1, 0.15) is 22.8 Å². The van der Waals surface area contributed by atoms with Crippen LogP contribution in [0.5, 0.6) is 0 Å². The van der Waals surface area contributed by atoms with Gasteiger partial charge in [-0.3, -0.25) is 38.4 Å². The van der Waals surface area contributed by atoms with E-state index in [-0.39, 0.29) is 46.4 Å². The summed E-state index contributed by atoms with van der Waals surface area (Å²) in [6.07, 6.45) is 0. The molecule has 2 aromatic heterocycles. The van der Waals surface area contributed by atoms with E-state index in [2.05, 4.69) is 52.5 Å². The maximum atomic E-state index is 13.0. The first-order chi connectivity index (χ1) is 38.8. The molecule has 404 valence electrons. The van der Waals surface area contributed by atoms with Crippen molar-refractivity contribution in [2.75, 3.05) is 69.0 Å². The summed E-state index contributed by atoms with van der Waals surface area (Å²) in [5, 5.41) is 21.7. The van der Waals surface area contributed by atoms with Gasteiger partial charge in [0.05, 0.1) is 71.9 Å². The van der Waals surface area contributed by atoms with Crippen LogP contribution in [0.2, 0.25) is 0 Å². The lowest BCUT2D eigenvalue weighted by atomic mass is 10.2. The second-order valence-corrected chi connectivity index (χ2v) is 17.0. The average molecular weight is 1080 g/mol. The van der Waals surface area contributed by atoms with Gasteiger partial charge in [-0.25, -0.2) is 9.97 Å². The minimum absolute atomic E-state index is 0.00647. The molecule has 1 saturated heterocycles. The van der Waals surface area contributed by atoms with Crippen molar-refractivity contribution in [1.82, 2.24) is 9.97 Å². The summed E-state index contributed by atoms with van der Waals surface area (Å²) in [7, 11) is 0. The van der Waals surface area contributed by atoms with Crippen LogP contribution in [0.25, 0.3) is 0 Å². The molecule has 0 spiro atoms. The number of nitrogens with zero attached hydrogens (tertiary/aromatic N) is 2. The molecule has 1 aliphatic rings. The van der Waals surface area contributed by atoms with E-state index in [1.54, 1.807) is 158 Å². The van der Waals surface area contributed by atoms with Gasteiger partial charge in [0.25, 0.3) is 35.4 Å². The first-order valence-electron chi connectivity index (χ1n) is 24.8. The van der Waals surface area contributed by atoms with Gasteiger partial charge in [-0.1, -0.05) is 97.1 Å². The molecule has 20 heteroatoms. The third-order valence-electron chi connectivity index (χ3n) is 11.1. The number of para-hydroxylation sites is 8. The van der Waals surface area contributed by atoms with Crippen molar-refractivity contribution < 1.29 is 47.8 Å². The Morgan fingerprint density at radius 1 is 0.275 bits per heavy atom. The van der Waals surface area contributed by atoms with E-state index in [4.69, 9.17) is 9.47 Å². The summed E-state index contributed by atoms with van der Waals surface area (Å²) in [5.41, 5.74) is 4.21. The number of pyridine rings is 2. The van der Waals surface area contributed by atoms with Gasteiger partial charge in [0, 0.05) is 25.0 Å². The fourth-order valence-corrected chi connectivity index (χ4v) is 7.31. The number of hydrogen-bond donors (Lipinski definition) is 8. The molecule has 0 atom stereocenters. The summed E-state index contributed by atoms with van der Waals surface area (Å²) >= 11 is 0. The summed E-state index contributed by atoms with van der Waals surface area (Å²) in [6.45, 7) is 5.85. The highest BCUT2D eigenvalue weighted by Crippen LogP contribution is 2.26. The van der Waals surface area contributed by atoms with Gasteiger partial charge in [-0.05, 0) is 97.1 Å². The van der Waals surface area contributed by atoms with Crippen LogP contribution in [0, 0.1) is 0 Å². The summed E-state index contributed by atoms with van der Waals surface area (Å²) < 4.78 is 9.89. The summed E-state index contributed by atoms with van der Waals surface area (Å²) in [4.78, 5) is 108. The van der Waals surface area contributed by atoms with Gasteiger partial charge >= 0.3 is 0 Å². The zero-order valence-electron chi connectivity index (χ0n) is 43.3. The van der Waals surface area contributed by atoms with Crippen molar-refractivity contribution in [2.45, 2.75) is 13.8 Å². The Labute approximate surface area is 459 Å². The number of amides is 8. The van der Waals surface area contributed by atoms with Crippen LogP contribution in [-0.2, 0) is 19.1 Å². The van der Waals surface area contributed by atoms with E-state index in [1.165, 1.54) is 38.1 Å². The molecule has 8 aromatic rings. The third-order valence-corrected chi connectivity index (χ3v) is 11.1. The zero-order chi connectivity index (χ0) is 56.6. The average Bonchev–Trinajstić information content (AvgIpc) is 3.48. The van der Waals surface area contributed by atoms with E-state index < -0.39 is 23.6 Å². The molecule has 9 rings (SSSR count). The second kappa shape index (κ2) is 29.0. The van der Waals surface area contributed by atoms with Gasteiger partial charge in [0.15, 0.2) is 0 Å². The molecule has 1 aliphatic heterocycles. The van der Waals surface area contributed by atoms with E-state index in [9.17, 15) is 38.4 Å². The fourth-order valence-electron chi connectivity index (χ4n) is 7.31. The normalized spacial score (nSPS) is 11.2. The minimum Gasteiger partial charge on any atom is -0.377 e. The SMILES string of the molecule is C1COCCO1.CC(=O)Nc1ccccc1NC(=O)c1cccc(C(=O)Nc2ccccc2NC(=O)c2ccccc2)n1.CC(=O)Nc1ccccc1NC(=O)c1cccc(C(=O)Nc2ccccc2NC(=O)c2ccccc2)n1. The largest absolute Gasteiger partial charge is 0.377 e. The van der Waals surface area contributed by atoms with Crippen molar-refractivity contribution >= 4 is 92.8 Å². The quantitative estimate of drug-likeness (QED) is 0.0505. The molecular formula is C60H54N10O10. The van der Waals surface area contributed by atoms with Gasteiger partial charge in [-0.15, -0.1) is 0 Å². The van der Waals surface area contributed by atoms with E-state index >= 15 is 0 Å². The number of anilines is 8. The number of rotatable bonds is 14. The van der Waals surface area contributed by atoms with Crippen LogP contribution in [0.15, 0.2) is 194 Å². The molecule has 1 fully saturated rings. The molecule has 0 unspecified atom stereocenters. The van der Waals surface area contributed by atoms with Crippen LogP contribution in [0.3, 0.4) is 0 Å². The number of benzene rings is 6. The van der Waals surface area contributed by atoms with Crippen molar-refractivity contribution in [3.8, 4) is 0 Å². The number of hydrogen-bond acceptors (Lipinski definition) is 12. The third kappa shape index (κ3) is 17.2. The van der Waals surface area contributed by atoms with E-state index in [0.717, 1.165) is 26.4 Å². The van der Waals surface area contributed by atoms with Gasteiger partial charge < -0.3 is 52.0 Å². The van der Waals surface area contributed by atoms with E-state index in [0.29, 0.717) is 56.6 Å². The number of carbonyl (C=O) groups excluding carboxylic acids is 8. The highest BCUT2D eigenvalue weighted by Gasteiger charge is 2.19. The number of aromatic nitrogens is 2. The highest BCUT2D eigenvalue weighted by molar-refractivity contribution is 6.12. The Kier molecular flexibility index (Phi) is 20.7. The molecule has 8 N–H and O–H groups in total. The maximum Gasteiger partial charge on any atom is 0.274 e. The topological polar surface area (TPSA) is 277 Å². The fraction of sp³-hybridized carbons (Fsp3) is 0.100. The molecule has 8 amide bonds. The molecule has 3 heterocycles. The van der Waals surface area contributed by atoms with Crippen molar-refractivity contribution in [3.63, 3.8) is 0 Å². The lowest BCUT2D eigenvalue weighted by molar-refractivity contribution is -0.115. The summed E-state index contributed by atoms with van der Waals surface area (Å²) in [5.74, 6) is -3.43. The lowest BCUT2D eigenvalue weighted by Gasteiger charge is -2.13. The van der Waals surface area contributed by atoms with Gasteiger partial charge in [0.2, 0.25) is 11.8 Å². The minimum atomic E-state index is -0.560. The maximum absolute atomic E-state index is 13.0. The Bertz CT molecular complexity index is 3270. The Balaban J connectivity index is 0.000000209. The van der Waals surface area contributed by atoms with Gasteiger partial charge in [-0.2, -0.15) is 0 Å². The number of carbonyl (C=O) groups is 8. The standard InChI is InChI=1S/2C28H23N5O4.C4H8O2/c2*1-18(34)29-20-12-5-6-13-21(20)32-27(36)24-16-9-17-25(30-24)28(37)33-23-15-8-7-14-22(23)31-26(35)19-10-3-2-4-11-19;1-2-6-4-3-5-1/h2*2-17H,1H3,(H,29,34)(H,31,35)(H,32,36)(H,33,37);1-4H2. The Morgan fingerprint density at radius 2 is 0.487 bits per heavy atom. The second-order valence-electron chi connectivity index (χ2n) is 17.0. The van der Waals surface area contributed by atoms with Crippen LogP contribution in [0.1, 0.15) is 76.5 Å². The summed E-state index contributed by atoms with van der Waals surface area (Å²) in [6, 6.07) is 53.4. The first-order valence-corrected chi connectivity index (χ1v) is 24.8. The molecule has 0 bridgehead atoms. The molecule has 0 aliphatic carbocycles. The predicted octanol–water partition coefficient (Wildman–Crippen LogP) is 9.63. The first kappa shape index (κ1) is 57.0. The van der Waals surface area contributed by atoms with Crippen LogP contribution in [-0.4, -0.2) is 83.7 Å². The van der Waals surface area contributed by atoms with E-state index in [1.807, 2.05) is 12.1 Å². The van der Waals surface area contributed by atoms with Crippen molar-refractivity contribution in [2.24, 2.45) is 0 Å². The Hall–Kier alpha value is -10.7. The monoisotopic (exact) mass is 1070 g/mol.